The maximum atomic E-state index is 12.3. The van der Waals surface area contributed by atoms with E-state index >= 15 is 0 Å². The summed E-state index contributed by atoms with van der Waals surface area (Å²) in [6, 6.07) is 2.69. The van der Waals surface area contributed by atoms with E-state index in [-0.39, 0.29) is 30.0 Å². The van der Waals surface area contributed by atoms with Crippen molar-refractivity contribution in [2.24, 2.45) is 5.92 Å². The minimum atomic E-state index is -0.538. The average Bonchev–Trinajstić information content (AvgIpc) is 3.02. The van der Waals surface area contributed by atoms with Crippen molar-refractivity contribution in [3.05, 3.63) is 24.2 Å². The normalized spacial score (nSPS) is 16.7. The Morgan fingerprint density at radius 1 is 1.41 bits per heavy atom. The number of carbonyl (C=O) groups is 2. The molecule has 2 heterocycles. The van der Waals surface area contributed by atoms with Crippen molar-refractivity contribution in [2.45, 2.75) is 25.8 Å². The van der Waals surface area contributed by atoms with Crippen molar-refractivity contribution in [3.63, 3.8) is 0 Å². The van der Waals surface area contributed by atoms with E-state index in [4.69, 9.17) is 4.42 Å². The molecule has 0 saturated carbocycles. The second kappa shape index (κ2) is 8.80. The van der Waals surface area contributed by atoms with Gasteiger partial charge in [-0.3, -0.25) is 9.59 Å². The summed E-state index contributed by atoms with van der Waals surface area (Å²) in [6.07, 6.45) is 3.45. The number of furan rings is 1. The van der Waals surface area contributed by atoms with Crippen LogP contribution in [0.4, 0.5) is 0 Å². The molecule has 0 aromatic carbocycles. The zero-order valence-corrected chi connectivity index (χ0v) is 13.8. The van der Waals surface area contributed by atoms with Crippen molar-refractivity contribution >= 4 is 24.2 Å². The highest BCUT2D eigenvalue weighted by Gasteiger charge is 2.27. The Kier molecular flexibility index (Phi) is 7.41. The summed E-state index contributed by atoms with van der Waals surface area (Å²) < 4.78 is 5.02. The Labute approximate surface area is 137 Å². The molecule has 1 saturated heterocycles. The van der Waals surface area contributed by atoms with Gasteiger partial charge >= 0.3 is 0 Å². The van der Waals surface area contributed by atoms with Crippen LogP contribution in [0.25, 0.3) is 0 Å². The van der Waals surface area contributed by atoms with Crippen molar-refractivity contribution < 1.29 is 14.0 Å². The summed E-state index contributed by atoms with van der Waals surface area (Å²) in [4.78, 5) is 26.0. The summed E-state index contributed by atoms with van der Waals surface area (Å²) in [5.74, 6) is 0.471. The molecule has 1 unspecified atom stereocenters. The van der Waals surface area contributed by atoms with Crippen LogP contribution in [-0.4, -0.2) is 49.4 Å². The molecular formula is C15H24ClN3O3. The number of nitrogens with zero attached hydrogens (tertiary/aromatic N) is 1. The van der Waals surface area contributed by atoms with Crippen LogP contribution in [0, 0.1) is 5.92 Å². The molecule has 2 N–H and O–H groups in total. The van der Waals surface area contributed by atoms with Crippen molar-refractivity contribution in [2.75, 3.05) is 26.7 Å². The van der Waals surface area contributed by atoms with Gasteiger partial charge in [0.2, 0.25) is 5.91 Å². The third-order valence-electron chi connectivity index (χ3n) is 3.88. The molecule has 22 heavy (non-hydrogen) atoms. The summed E-state index contributed by atoms with van der Waals surface area (Å²) in [6.45, 7) is 4.22. The van der Waals surface area contributed by atoms with Gasteiger partial charge in [0.1, 0.15) is 6.04 Å². The Balaban J connectivity index is 0.00000242. The maximum Gasteiger partial charge on any atom is 0.287 e. The Morgan fingerprint density at radius 2 is 2.09 bits per heavy atom. The molecule has 124 valence electrons. The van der Waals surface area contributed by atoms with Gasteiger partial charge in [-0.25, -0.2) is 0 Å². The van der Waals surface area contributed by atoms with Crippen LogP contribution in [0.1, 0.15) is 30.3 Å². The van der Waals surface area contributed by atoms with E-state index in [1.165, 1.54) is 6.26 Å². The van der Waals surface area contributed by atoms with Crippen LogP contribution in [0.3, 0.4) is 0 Å². The highest BCUT2D eigenvalue weighted by Crippen LogP contribution is 2.17. The molecule has 0 spiro atoms. The predicted molar refractivity (Wildman–Crippen MR) is 86.1 cm³/mol. The Hall–Kier alpha value is -1.53. The van der Waals surface area contributed by atoms with E-state index in [0.29, 0.717) is 5.92 Å². The molecule has 6 nitrogen and oxygen atoms in total. The van der Waals surface area contributed by atoms with Crippen molar-refractivity contribution in [3.8, 4) is 0 Å². The average molecular weight is 330 g/mol. The summed E-state index contributed by atoms with van der Waals surface area (Å²) in [7, 11) is 1.95. The van der Waals surface area contributed by atoms with Crippen LogP contribution in [0.2, 0.25) is 0 Å². The van der Waals surface area contributed by atoms with E-state index in [0.717, 1.165) is 32.5 Å². The third kappa shape index (κ3) is 4.74. The first kappa shape index (κ1) is 18.5. The summed E-state index contributed by atoms with van der Waals surface area (Å²) in [5, 5.41) is 5.85. The van der Waals surface area contributed by atoms with Crippen molar-refractivity contribution in [1.82, 2.24) is 15.5 Å². The smallest absolute Gasteiger partial charge is 0.287 e. The lowest BCUT2D eigenvalue weighted by Gasteiger charge is -2.33. The van der Waals surface area contributed by atoms with E-state index in [9.17, 15) is 9.59 Å². The van der Waals surface area contributed by atoms with Crippen LogP contribution >= 0.6 is 12.4 Å². The first-order chi connectivity index (χ1) is 10.1. The number of hydrogen-bond acceptors (Lipinski definition) is 4. The van der Waals surface area contributed by atoms with Gasteiger partial charge in [0.15, 0.2) is 5.76 Å². The summed E-state index contributed by atoms with van der Waals surface area (Å²) in [5.41, 5.74) is 0. The topological polar surface area (TPSA) is 74.6 Å². The predicted octanol–water partition coefficient (Wildman–Crippen LogP) is 1.28. The highest BCUT2D eigenvalue weighted by molar-refractivity contribution is 5.95. The second-order valence-corrected chi connectivity index (χ2v) is 5.50. The van der Waals surface area contributed by atoms with Crippen molar-refractivity contribution in [1.29, 1.82) is 0 Å². The number of rotatable bonds is 5. The number of amides is 2. The minimum absolute atomic E-state index is 0. The molecule has 1 aromatic heterocycles. The maximum absolute atomic E-state index is 12.3. The number of carbonyl (C=O) groups excluding carboxylic acids is 2. The molecule has 7 heteroatoms. The fraction of sp³-hybridized carbons (Fsp3) is 0.600. The Bertz CT molecular complexity index is 470. The largest absolute Gasteiger partial charge is 0.459 e. The lowest BCUT2D eigenvalue weighted by molar-refractivity contribution is -0.134. The molecule has 0 bridgehead atoms. The van der Waals surface area contributed by atoms with E-state index in [1.807, 2.05) is 11.9 Å². The van der Waals surface area contributed by atoms with Crippen LogP contribution in [-0.2, 0) is 4.79 Å². The zero-order chi connectivity index (χ0) is 15.2. The number of nitrogens with one attached hydrogen (secondary N) is 2. The monoisotopic (exact) mass is 329 g/mol. The quantitative estimate of drug-likeness (QED) is 0.853. The Morgan fingerprint density at radius 3 is 2.64 bits per heavy atom. The fourth-order valence-electron chi connectivity index (χ4n) is 2.66. The van der Waals surface area contributed by atoms with Gasteiger partial charge in [-0.05, 0) is 51.4 Å². The summed E-state index contributed by atoms with van der Waals surface area (Å²) >= 11 is 0. The number of likely N-dealkylation sites (tertiary alicyclic amines) is 1. The third-order valence-corrected chi connectivity index (χ3v) is 3.88. The van der Waals surface area contributed by atoms with Gasteiger partial charge in [0.25, 0.3) is 5.91 Å². The van der Waals surface area contributed by atoms with E-state index in [1.54, 1.807) is 19.1 Å². The molecule has 1 aliphatic heterocycles. The lowest BCUT2D eigenvalue weighted by Crippen LogP contribution is -2.49. The first-order valence-electron chi connectivity index (χ1n) is 7.39. The van der Waals surface area contributed by atoms with Gasteiger partial charge < -0.3 is 20.0 Å². The number of hydrogen-bond donors (Lipinski definition) is 2. The SMILES string of the molecule is CNCC1CCN(C(=O)C(C)NC(=O)c2ccco2)CC1.Cl. The van der Waals surface area contributed by atoms with Gasteiger partial charge in [-0.15, -0.1) is 12.4 Å². The number of piperidine rings is 1. The molecule has 2 amide bonds. The van der Waals surface area contributed by atoms with E-state index < -0.39 is 6.04 Å². The van der Waals surface area contributed by atoms with Gasteiger partial charge in [0.05, 0.1) is 6.26 Å². The van der Waals surface area contributed by atoms with E-state index in [2.05, 4.69) is 10.6 Å². The standard InChI is InChI=1S/C15H23N3O3.ClH/c1-11(17-14(19)13-4-3-9-21-13)15(20)18-7-5-12(6-8-18)10-16-2;/h3-4,9,11-12,16H,5-8,10H2,1-2H3,(H,17,19);1H. The minimum Gasteiger partial charge on any atom is -0.459 e. The molecule has 0 aliphatic carbocycles. The van der Waals surface area contributed by atoms with Crippen LogP contribution in [0.15, 0.2) is 22.8 Å². The number of halogens is 1. The lowest BCUT2D eigenvalue weighted by atomic mass is 9.96. The molecule has 0 radical (unpaired) electrons. The molecule has 1 aromatic rings. The van der Waals surface area contributed by atoms with Crippen LogP contribution < -0.4 is 10.6 Å². The zero-order valence-electron chi connectivity index (χ0n) is 13.0. The highest BCUT2D eigenvalue weighted by atomic mass is 35.5. The van der Waals surface area contributed by atoms with Crippen LogP contribution in [0.5, 0.6) is 0 Å². The fourth-order valence-corrected chi connectivity index (χ4v) is 2.66. The first-order valence-corrected chi connectivity index (χ1v) is 7.39. The van der Waals surface area contributed by atoms with Gasteiger partial charge in [-0.2, -0.15) is 0 Å². The molecule has 1 atom stereocenters. The second-order valence-electron chi connectivity index (χ2n) is 5.50. The molecule has 1 aliphatic rings. The van der Waals surface area contributed by atoms with Gasteiger partial charge in [0, 0.05) is 13.1 Å². The van der Waals surface area contributed by atoms with Gasteiger partial charge in [-0.1, -0.05) is 0 Å². The molecular weight excluding hydrogens is 306 g/mol. The molecule has 2 rings (SSSR count). The molecule has 1 fully saturated rings.